The van der Waals surface area contributed by atoms with E-state index in [1.807, 2.05) is 6.07 Å². The van der Waals surface area contributed by atoms with E-state index in [0.717, 1.165) is 10.6 Å². The lowest BCUT2D eigenvalue weighted by molar-refractivity contribution is 0.414. The maximum absolute atomic E-state index is 11.3. The molecule has 0 fully saturated rings. The zero-order valence-corrected chi connectivity index (χ0v) is 11.6. The molecule has 0 aliphatic rings. The van der Waals surface area contributed by atoms with Crippen molar-refractivity contribution in [2.75, 3.05) is 30.1 Å². The van der Waals surface area contributed by atoms with Gasteiger partial charge in [0.1, 0.15) is 5.75 Å². The van der Waals surface area contributed by atoms with Crippen LogP contribution in [0.3, 0.4) is 0 Å². The highest BCUT2D eigenvalue weighted by molar-refractivity contribution is 8.00. The molecule has 0 heterocycles. The van der Waals surface area contributed by atoms with E-state index in [-0.39, 0.29) is 11.5 Å². The first-order valence-electron chi connectivity index (χ1n) is 5.25. The number of rotatable bonds is 6. The fraction of sp³-hybridized carbons (Fsp3) is 0.455. The topological polar surface area (TPSA) is 69.4 Å². The van der Waals surface area contributed by atoms with Gasteiger partial charge in [-0.3, -0.25) is 0 Å². The van der Waals surface area contributed by atoms with Gasteiger partial charge < -0.3 is 10.5 Å². The van der Waals surface area contributed by atoms with E-state index in [4.69, 9.17) is 10.5 Å². The van der Waals surface area contributed by atoms with Gasteiger partial charge in [0.25, 0.3) is 0 Å². The van der Waals surface area contributed by atoms with Gasteiger partial charge in [-0.2, -0.15) is 0 Å². The number of anilines is 1. The second-order valence-electron chi connectivity index (χ2n) is 3.49. The van der Waals surface area contributed by atoms with Gasteiger partial charge in [-0.25, -0.2) is 8.42 Å². The second-order valence-corrected chi connectivity index (χ2v) is 7.10. The van der Waals surface area contributed by atoms with Gasteiger partial charge in [0.05, 0.1) is 12.9 Å². The molecule has 0 aliphatic heterocycles. The molecule has 96 valence electrons. The van der Waals surface area contributed by atoms with E-state index < -0.39 is 9.84 Å². The first kappa shape index (κ1) is 14.2. The first-order chi connectivity index (χ1) is 7.98. The summed E-state index contributed by atoms with van der Waals surface area (Å²) in [6.07, 6.45) is 0. The average molecular weight is 275 g/mol. The van der Waals surface area contributed by atoms with Crippen molar-refractivity contribution in [3.63, 3.8) is 0 Å². The molecule has 1 aromatic carbocycles. The van der Waals surface area contributed by atoms with E-state index >= 15 is 0 Å². The first-order valence-corrected chi connectivity index (χ1v) is 8.06. The Hall–Kier alpha value is -0.880. The second kappa shape index (κ2) is 6.16. The number of hydrogen-bond acceptors (Lipinski definition) is 5. The molecule has 0 saturated heterocycles. The summed E-state index contributed by atoms with van der Waals surface area (Å²) in [6, 6.07) is 5.36. The number of hydrogen-bond donors (Lipinski definition) is 1. The highest BCUT2D eigenvalue weighted by Gasteiger charge is 2.08. The lowest BCUT2D eigenvalue weighted by Gasteiger charge is -2.07. The Balaban J connectivity index is 2.63. The molecule has 0 spiro atoms. The van der Waals surface area contributed by atoms with Crippen LogP contribution < -0.4 is 10.5 Å². The maximum Gasteiger partial charge on any atom is 0.150 e. The van der Waals surface area contributed by atoms with Gasteiger partial charge in [-0.05, 0) is 18.2 Å². The lowest BCUT2D eigenvalue weighted by atomic mass is 10.3. The Morgan fingerprint density at radius 1 is 1.41 bits per heavy atom. The summed E-state index contributed by atoms with van der Waals surface area (Å²) >= 11 is 1.43. The third kappa shape index (κ3) is 4.47. The molecular weight excluding hydrogens is 258 g/mol. The molecule has 1 rings (SSSR count). The molecule has 0 radical (unpaired) electrons. The van der Waals surface area contributed by atoms with Crippen molar-refractivity contribution < 1.29 is 13.2 Å². The van der Waals surface area contributed by atoms with Crippen molar-refractivity contribution in [1.82, 2.24) is 0 Å². The molecular formula is C11H17NO3S2. The monoisotopic (exact) mass is 275 g/mol. The van der Waals surface area contributed by atoms with E-state index in [1.165, 1.54) is 11.8 Å². The highest BCUT2D eigenvalue weighted by Crippen LogP contribution is 2.29. The Kier molecular flexibility index (Phi) is 5.14. The summed E-state index contributed by atoms with van der Waals surface area (Å²) < 4.78 is 27.7. The Morgan fingerprint density at radius 3 is 2.71 bits per heavy atom. The Morgan fingerprint density at radius 2 is 2.12 bits per heavy atom. The molecule has 2 N–H and O–H groups in total. The number of sulfone groups is 1. The molecule has 0 aliphatic carbocycles. The van der Waals surface area contributed by atoms with Crippen LogP contribution in [-0.2, 0) is 9.84 Å². The molecule has 1 aromatic rings. The summed E-state index contributed by atoms with van der Waals surface area (Å²) in [4.78, 5) is 0.857. The maximum atomic E-state index is 11.3. The quantitative estimate of drug-likeness (QED) is 0.633. The van der Waals surface area contributed by atoms with E-state index in [9.17, 15) is 8.42 Å². The van der Waals surface area contributed by atoms with Crippen LogP contribution in [-0.4, -0.2) is 32.8 Å². The summed E-state index contributed by atoms with van der Waals surface area (Å²) in [7, 11) is -1.33. The van der Waals surface area contributed by atoms with Gasteiger partial charge in [-0.15, -0.1) is 11.8 Å². The third-order valence-electron chi connectivity index (χ3n) is 2.31. The number of nitrogen functional groups attached to an aromatic ring is 1. The minimum Gasteiger partial charge on any atom is -0.497 e. The van der Waals surface area contributed by atoms with Crippen molar-refractivity contribution in [2.24, 2.45) is 0 Å². The Labute approximate surface area is 106 Å². The van der Waals surface area contributed by atoms with Gasteiger partial charge >= 0.3 is 0 Å². The third-order valence-corrected chi connectivity index (χ3v) is 5.35. The van der Waals surface area contributed by atoms with Crippen molar-refractivity contribution >= 4 is 27.3 Å². The van der Waals surface area contributed by atoms with Gasteiger partial charge in [0, 0.05) is 22.1 Å². The fourth-order valence-electron chi connectivity index (χ4n) is 1.19. The van der Waals surface area contributed by atoms with Gasteiger partial charge in [0.15, 0.2) is 9.84 Å². The van der Waals surface area contributed by atoms with Crippen molar-refractivity contribution in [3.8, 4) is 5.75 Å². The zero-order valence-electron chi connectivity index (χ0n) is 9.97. The zero-order chi connectivity index (χ0) is 12.9. The van der Waals surface area contributed by atoms with Crippen LogP contribution >= 0.6 is 11.8 Å². The van der Waals surface area contributed by atoms with Crippen LogP contribution in [0, 0.1) is 0 Å². The smallest absolute Gasteiger partial charge is 0.150 e. The number of benzene rings is 1. The van der Waals surface area contributed by atoms with E-state index in [1.54, 1.807) is 26.2 Å². The fourth-order valence-corrected chi connectivity index (χ4v) is 3.48. The average Bonchev–Trinajstić information content (AvgIpc) is 2.31. The van der Waals surface area contributed by atoms with E-state index in [0.29, 0.717) is 11.4 Å². The van der Waals surface area contributed by atoms with Crippen LogP contribution in [0.1, 0.15) is 6.92 Å². The van der Waals surface area contributed by atoms with Crippen LogP contribution in [0.25, 0.3) is 0 Å². The molecule has 0 amide bonds. The molecule has 4 nitrogen and oxygen atoms in total. The minimum atomic E-state index is -2.91. The van der Waals surface area contributed by atoms with Crippen LogP contribution in [0.4, 0.5) is 5.69 Å². The van der Waals surface area contributed by atoms with Crippen LogP contribution in [0.2, 0.25) is 0 Å². The standard InChI is InChI=1S/C11H17NO3S2/c1-3-17(13,14)7-6-16-11-8-9(15-2)4-5-10(11)12/h4-5,8H,3,6-7,12H2,1-2H3. The summed E-state index contributed by atoms with van der Waals surface area (Å²) in [5, 5.41) is 0. The van der Waals surface area contributed by atoms with Gasteiger partial charge in [-0.1, -0.05) is 6.92 Å². The Bertz CT molecular complexity index is 472. The lowest BCUT2D eigenvalue weighted by Crippen LogP contribution is -2.10. The predicted octanol–water partition coefficient (Wildman–Crippen LogP) is 1.80. The van der Waals surface area contributed by atoms with Crippen molar-refractivity contribution in [3.05, 3.63) is 18.2 Å². The number of thioether (sulfide) groups is 1. The number of ether oxygens (including phenoxy) is 1. The molecule has 17 heavy (non-hydrogen) atoms. The SMILES string of the molecule is CCS(=O)(=O)CCSc1cc(OC)ccc1N. The normalized spacial score (nSPS) is 11.4. The minimum absolute atomic E-state index is 0.171. The molecule has 0 saturated carbocycles. The highest BCUT2D eigenvalue weighted by atomic mass is 32.2. The van der Waals surface area contributed by atoms with Gasteiger partial charge in [0.2, 0.25) is 0 Å². The predicted molar refractivity (Wildman–Crippen MR) is 72.5 cm³/mol. The molecule has 6 heteroatoms. The number of nitrogens with two attached hydrogens (primary N) is 1. The van der Waals surface area contributed by atoms with E-state index in [2.05, 4.69) is 0 Å². The van der Waals surface area contributed by atoms with Crippen LogP contribution in [0.5, 0.6) is 5.75 Å². The van der Waals surface area contributed by atoms with Crippen molar-refractivity contribution in [2.45, 2.75) is 11.8 Å². The summed E-state index contributed by atoms with van der Waals surface area (Å²) in [6.45, 7) is 1.65. The number of methoxy groups -OCH3 is 1. The molecule has 0 atom stereocenters. The summed E-state index contributed by atoms with van der Waals surface area (Å²) in [5.74, 6) is 1.58. The largest absolute Gasteiger partial charge is 0.497 e. The molecule has 0 bridgehead atoms. The van der Waals surface area contributed by atoms with Crippen LogP contribution in [0.15, 0.2) is 23.1 Å². The molecule has 0 aromatic heterocycles. The summed E-state index contributed by atoms with van der Waals surface area (Å²) in [5.41, 5.74) is 6.44. The van der Waals surface area contributed by atoms with Crippen molar-refractivity contribution in [1.29, 1.82) is 0 Å². The molecule has 0 unspecified atom stereocenters.